The van der Waals surface area contributed by atoms with Crippen LogP contribution in [-0.2, 0) is 20.8 Å². The van der Waals surface area contributed by atoms with E-state index in [0.717, 1.165) is 5.56 Å². The number of rotatable bonds is 6. The van der Waals surface area contributed by atoms with Crippen molar-refractivity contribution in [3.8, 4) is 0 Å². The molecule has 1 aromatic carbocycles. The van der Waals surface area contributed by atoms with E-state index in [1.165, 1.54) is 0 Å². The maximum absolute atomic E-state index is 11.4. The minimum Gasteiger partial charge on any atom is -0.372 e. The number of nitrogens with one attached hydrogen (secondary N) is 1. The first-order valence-electron chi connectivity index (χ1n) is 4.94. The maximum Gasteiger partial charge on any atom is 0.341 e. The van der Waals surface area contributed by atoms with Gasteiger partial charge in [0.25, 0.3) is 0 Å². The van der Waals surface area contributed by atoms with Crippen molar-refractivity contribution in [1.82, 2.24) is 5.32 Å². The quantitative estimate of drug-likeness (QED) is 0.533. The molecule has 0 aliphatic heterocycles. The van der Waals surface area contributed by atoms with Crippen molar-refractivity contribution in [3.63, 3.8) is 0 Å². The predicted octanol–water partition coefficient (Wildman–Crippen LogP) is 0.208. The van der Waals surface area contributed by atoms with E-state index in [9.17, 15) is 4.79 Å². The van der Waals surface area contributed by atoms with Crippen LogP contribution >= 0.6 is 0 Å². The summed E-state index contributed by atoms with van der Waals surface area (Å²) in [5.41, 5.74) is 1.03. The summed E-state index contributed by atoms with van der Waals surface area (Å²) < 4.78 is 4.84. The SMILES string of the molecule is COCN[C@@H](Cc1ccccc1)C(=O)ON. The normalized spacial score (nSPS) is 12.1. The average molecular weight is 224 g/mol. The molecule has 0 amide bonds. The van der Waals surface area contributed by atoms with Gasteiger partial charge in [0.05, 0.1) is 6.73 Å². The van der Waals surface area contributed by atoms with Gasteiger partial charge in [0.15, 0.2) is 0 Å². The minimum absolute atomic E-state index is 0.270. The van der Waals surface area contributed by atoms with Crippen molar-refractivity contribution in [2.45, 2.75) is 12.5 Å². The Labute approximate surface area is 94.5 Å². The average Bonchev–Trinajstić information content (AvgIpc) is 2.34. The third-order valence-electron chi connectivity index (χ3n) is 2.16. The fraction of sp³-hybridized carbons (Fsp3) is 0.364. The number of nitrogens with two attached hydrogens (primary N) is 1. The van der Waals surface area contributed by atoms with Crippen LogP contribution in [0, 0.1) is 0 Å². The van der Waals surface area contributed by atoms with Gasteiger partial charge in [-0.05, 0) is 12.0 Å². The molecule has 0 heterocycles. The summed E-state index contributed by atoms with van der Waals surface area (Å²) in [6.07, 6.45) is 0.514. The molecule has 5 heteroatoms. The fourth-order valence-electron chi connectivity index (χ4n) is 1.35. The molecule has 0 aliphatic carbocycles. The highest BCUT2D eigenvalue weighted by Crippen LogP contribution is 2.03. The first-order chi connectivity index (χ1) is 7.77. The number of carbonyl (C=O) groups excluding carboxylic acids is 1. The molecule has 1 aromatic rings. The van der Waals surface area contributed by atoms with Gasteiger partial charge in [0.1, 0.15) is 6.04 Å². The fourth-order valence-corrected chi connectivity index (χ4v) is 1.35. The Morgan fingerprint density at radius 3 is 2.69 bits per heavy atom. The summed E-state index contributed by atoms with van der Waals surface area (Å²) in [6, 6.07) is 9.12. The van der Waals surface area contributed by atoms with Gasteiger partial charge in [-0.3, -0.25) is 5.32 Å². The predicted molar refractivity (Wildman–Crippen MR) is 59.2 cm³/mol. The molecule has 0 spiro atoms. The van der Waals surface area contributed by atoms with Crippen LogP contribution in [0.1, 0.15) is 5.56 Å². The lowest BCUT2D eigenvalue weighted by Crippen LogP contribution is -2.41. The van der Waals surface area contributed by atoms with Gasteiger partial charge in [0, 0.05) is 7.11 Å². The summed E-state index contributed by atoms with van der Waals surface area (Å²) in [7, 11) is 1.54. The van der Waals surface area contributed by atoms with Crippen molar-refractivity contribution >= 4 is 5.97 Å². The Morgan fingerprint density at radius 1 is 1.44 bits per heavy atom. The van der Waals surface area contributed by atoms with Crippen LogP contribution in [0.2, 0.25) is 0 Å². The lowest BCUT2D eigenvalue weighted by molar-refractivity contribution is -0.147. The molecule has 0 unspecified atom stereocenters. The molecule has 0 bridgehead atoms. The molecular formula is C11H16N2O3. The van der Waals surface area contributed by atoms with Gasteiger partial charge in [-0.15, -0.1) is 0 Å². The minimum atomic E-state index is -0.499. The van der Waals surface area contributed by atoms with Crippen LogP contribution in [0.3, 0.4) is 0 Å². The second-order valence-electron chi connectivity index (χ2n) is 3.32. The molecule has 1 atom stereocenters. The largest absolute Gasteiger partial charge is 0.372 e. The van der Waals surface area contributed by atoms with E-state index >= 15 is 0 Å². The van der Waals surface area contributed by atoms with Crippen LogP contribution in [0.25, 0.3) is 0 Å². The molecule has 3 N–H and O–H groups in total. The molecule has 0 aromatic heterocycles. The smallest absolute Gasteiger partial charge is 0.341 e. The van der Waals surface area contributed by atoms with E-state index in [1.54, 1.807) is 7.11 Å². The van der Waals surface area contributed by atoms with E-state index in [1.807, 2.05) is 30.3 Å². The Balaban J connectivity index is 2.59. The van der Waals surface area contributed by atoms with Crippen molar-refractivity contribution in [1.29, 1.82) is 0 Å². The van der Waals surface area contributed by atoms with Gasteiger partial charge >= 0.3 is 5.97 Å². The van der Waals surface area contributed by atoms with Gasteiger partial charge < -0.3 is 9.57 Å². The second kappa shape index (κ2) is 6.95. The van der Waals surface area contributed by atoms with Gasteiger partial charge in [-0.1, -0.05) is 30.3 Å². The lowest BCUT2D eigenvalue weighted by Gasteiger charge is -2.15. The highest BCUT2D eigenvalue weighted by Gasteiger charge is 2.19. The number of ether oxygens (including phenoxy) is 1. The Kier molecular flexibility index (Phi) is 5.49. The Morgan fingerprint density at radius 2 is 2.12 bits per heavy atom. The number of hydrogen-bond donors (Lipinski definition) is 2. The Bertz CT molecular complexity index is 316. The zero-order chi connectivity index (χ0) is 11.8. The molecule has 0 radical (unpaired) electrons. The highest BCUT2D eigenvalue weighted by atomic mass is 16.7. The first-order valence-corrected chi connectivity index (χ1v) is 4.94. The molecule has 0 saturated carbocycles. The topological polar surface area (TPSA) is 73.6 Å². The van der Waals surface area contributed by atoms with Crippen molar-refractivity contribution in [2.24, 2.45) is 5.90 Å². The number of benzene rings is 1. The summed E-state index contributed by atoms with van der Waals surface area (Å²) in [5, 5.41) is 2.89. The molecule has 0 saturated heterocycles. The molecule has 0 aliphatic rings. The zero-order valence-electron chi connectivity index (χ0n) is 9.18. The van der Waals surface area contributed by atoms with E-state index < -0.39 is 12.0 Å². The molecule has 5 nitrogen and oxygen atoms in total. The zero-order valence-corrected chi connectivity index (χ0v) is 9.18. The van der Waals surface area contributed by atoms with Crippen molar-refractivity contribution < 1.29 is 14.4 Å². The third-order valence-corrected chi connectivity index (χ3v) is 2.16. The van der Waals surface area contributed by atoms with Crippen LogP contribution in [0.5, 0.6) is 0 Å². The van der Waals surface area contributed by atoms with Crippen LogP contribution in [0.15, 0.2) is 30.3 Å². The number of hydrogen-bond acceptors (Lipinski definition) is 5. The number of carbonyl (C=O) groups is 1. The van der Waals surface area contributed by atoms with Gasteiger partial charge in [0.2, 0.25) is 0 Å². The van der Waals surface area contributed by atoms with E-state index in [2.05, 4.69) is 10.2 Å². The van der Waals surface area contributed by atoms with E-state index in [-0.39, 0.29) is 6.73 Å². The summed E-state index contributed by atoms with van der Waals surface area (Å²) >= 11 is 0. The van der Waals surface area contributed by atoms with Gasteiger partial charge in [-0.25, -0.2) is 4.79 Å². The highest BCUT2D eigenvalue weighted by molar-refractivity contribution is 5.75. The molecule has 1 rings (SSSR count). The summed E-state index contributed by atoms with van der Waals surface area (Å²) in [4.78, 5) is 15.6. The number of methoxy groups -OCH3 is 1. The summed E-state index contributed by atoms with van der Waals surface area (Å²) in [6.45, 7) is 0.270. The van der Waals surface area contributed by atoms with E-state index in [4.69, 9.17) is 10.6 Å². The lowest BCUT2D eigenvalue weighted by atomic mass is 10.1. The van der Waals surface area contributed by atoms with E-state index in [0.29, 0.717) is 6.42 Å². The third kappa shape index (κ3) is 3.98. The first kappa shape index (κ1) is 12.6. The molecule has 88 valence electrons. The van der Waals surface area contributed by atoms with Crippen LogP contribution in [-0.4, -0.2) is 25.9 Å². The second-order valence-corrected chi connectivity index (χ2v) is 3.32. The van der Waals surface area contributed by atoms with Crippen molar-refractivity contribution in [2.75, 3.05) is 13.8 Å². The Hall–Kier alpha value is -1.43. The maximum atomic E-state index is 11.4. The van der Waals surface area contributed by atoms with Crippen LogP contribution in [0.4, 0.5) is 0 Å². The monoisotopic (exact) mass is 224 g/mol. The van der Waals surface area contributed by atoms with Crippen LogP contribution < -0.4 is 11.2 Å². The standard InChI is InChI=1S/C11H16N2O3/c1-15-8-13-10(11(14)16-12)7-9-5-3-2-4-6-9/h2-6,10,13H,7-8,12H2,1H3/t10-/m0/s1. The van der Waals surface area contributed by atoms with Crippen molar-refractivity contribution in [3.05, 3.63) is 35.9 Å². The molecular weight excluding hydrogens is 208 g/mol. The molecule has 16 heavy (non-hydrogen) atoms. The summed E-state index contributed by atoms with van der Waals surface area (Å²) in [5.74, 6) is 4.37. The molecule has 0 fully saturated rings. The van der Waals surface area contributed by atoms with Gasteiger partial charge in [-0.2, -0.15) is 5.90 Å².